The highest BCUT2D eigenvalue weighted by Gasteiger charge is 2.35. The Bertz CT molecular complexity index is 905. The van der Waals surface area contributed by atoms with E-state index < -0.39 is 0 Å². The van der Waals surface area contributed by atoms with E-state index in [2.05, 4.69) is 31.1 Å². The zero-order chi connectivity index (χ0) is 21.0. The predicted octanol–water partition coefficient (Wildman–Crippen LogP) is 3.07. The van der Waals surface area contributed by atoms with Crippen LogP contribution in [0.3, 0.4) is 0 Å². The quantitative estimate of drug-likeness (QED) is 0.720. The predicted molar refractivity (Wildman–Crippen MR) is 109 cm³/mol. The molecule has 0 N–H and O–H groups in total. The van der Waals surface area contributed by atoms with E-state index in [9.17, 15) is 9.59 Å². The van der Waals surface area contributed by atoms with Crippen LogP contribution in [0.25, 0.3) is 0 Å². The number of rotatable bonds is 7. The Morgan fingerprint density at radius 3 is 2.69 bits per heavy atom. The van der Waals surface area contributed by atoms with Gasteiger partial charge in [-0.15, -0.1) is 0 Å². The van der Waals surface area contributed by atoms with E-state index in [0.29, 0.717) is 25.3 Å². The molecule has 1 aliphatic rings. The summed E-state index contributed by atoms with van der Waals surface area (Å²) in [5.41, 5.74) is 4.20. The molecule has 1 atom stereocenters. The van der Waals surface area contributed by atoms with E-state index in [1.807, 2.05) is 12.1 Å². The summed E-state index contributed by atoms with van der Waals surface area (Å²) in [6, 6.07) is 9.48. The molecule has 0 aliphatic carbocycles. The van der Waals surface area contributed by atoms with Gasteiger partial charge in [-0.25, -0.2) is 5.01 Å². The maximum Gasteiger partial charge on any atom is 0.262 e. The molecule has 0 radical (unpaired) electrons. The molecule has 2 amide bonds. The molecule has 0 bridgehead atoms. The first-order valence-electron chi connectivity index (χ1n) is 9.65. The van der Waals surface area contributed by atoms with E-state index in [-0.39, 0.29) is 24.4 Å². The molecule has 154 valence electrons. The number of hydrogen-bond acceptors (Lipinski definition) is 5. The topological polar surface area (TPSA) is 75.3 Å². The van der Waals surface area contributed by atoms with Crippen LogP contribution in [0, 0.1) is 13.8 Å². The van der Waals surface area contributed by atoms with E-state index in [0.717, 1.165) is 11.3 Å². The Balaban J connectivity index is 1.87. The van der Waals surface area contributed by atoms with Gasteiger partial charge in [0.05, 0.1) is 18.6 Å². The van der Waals surface area contributed by atoms with Gasteiger partial charge in [0.1, 0.15) is 18.3 Å². The largest absolute Gasteiger partial charge is 0.467 e. The maximum atomic E-state index is 13.1. The first kappa shape index (κ1) is 20.8. The molecule has 7 nitrogen and oxygen atoms in total. The number of benzene rings is 1. The minimum atomic E-state index is -0.328. The summed E-state index contributed by atoms with van der Waals surface area (Å²) in [5, 5.41) is 6.08. The first-order chi connectivity index (χ1) is 13.9. The number of hydrogen-bond donors (Lipinski definition) is 0. The first-order valence-corrected chi connectivity index (χ1v) is 9.65. The number of aryl methyl sites for hydroxylation is 2. The van der Waals surface area contributed by atoms with Crippen LogP contribution in [0.2, 0.25) is 0 Å². The summed E-state index contributed by atoms with van der Waals surface area (Å²) in [6.07, 6.45) is 2.15. The lowest BCUT2D eigenvalue weighted by atomic mass is 9.99. The average Bonchev–Trinajstić information content (AvgIpc) is 3.36. The van der Waals surface area contributed by atoms with Crippen molar-refractivity contribution in [3.8, 4) is 0 Å². The fraction of sp³-hybridized carbons (Fsp3) is 0.409. The summed E-state index contributed by atoms with van der Waals surface area (Å²) in [5.74, 6) is 0.242. The van der Waals surface area contributed by atoms with Crippen molar-refractivity contribution >= 4 is 17.5 Å². The normalized spacial score (nSPS) is 16.1. The zero-order valence-electron chi connectivity index (χ0n) is 17.3. The lowest BCUT2D eigenvalue weighted by Crippen LogP contribution is -2.41. The molecule has 0 spiro atoms. The fourth-order valence-electron chi connectivity index (χ4n) is 3.32. The van der Waals surface area contributed by atoms with Crippen LogP contribution in [0.5, 0.6) is 0 Å². The van der Waals surface area contributed by atoms with Gasteiger partial charge in [0, 0.05) is 27.0 Å². The highest BCUT2D eigenvalue weighted by Crippen LogP contribution is 2.33. The molecule has 29 heavy (non-hydrogen) atoms. The van der Waals surface area contributed by atoms with Gasteiger partial charge in [-0.3, -0.25) is 9.59 Å². The second-order valence-electron chi connectivity index (χ2n) is 7.25. The molecule has 7 heteroatoms. The molecule has 2 aromatic rings. The smallest absolute Gasteiger partial charge is 0.262 e. The van der Waals surface area contributed by atoms with Crippen molar-refractivity contribution in [1.29, 1.82) is 0 Å². The molecule has 0 saturated heterocycles. The number of carbonyl (C=O) groups is 2. The van der Waals surface area contributed by atoms with Gasteiger partial charge in [-0.2, -0.15) is 5.10 Å². The highest BCUT2D eigenvalue weighted by molar-refractivity contribution is 6.03. The minimum Gasteiger partial charge on any atom is -0.467 e. The molecular weight excluding hydrogens is 370 g/mol. The lowest BCUT2D eigenvalue weighted by molar-refractivity contribution is -0.141. The molecule has 0 saturated carbocycles. The summed E-state index contributed by atoms with van der Waals surface area (Å²) in [7, 11) is 1.56. The van der Waals surface area contributed by atoms with Crippen LogP contribution < -0.4 is 0 Å². The Kier molecular flexibility index (Phi) is 6.49. The van der Waals surface area contributed by atoms with Gasteiger partial charge < -0.3 is 14.1 Å². The van der Waals surface area contributed by atoms with Crippen LogP contribution in [-0.2, 0) is 14.3 Å². The van der Waals surface area contributed by atoms with Crippen LogP contribution >= 0.6 is 0 Å². The summed E-state index contributed by atoms with van der Waals surface area (Å²) in [6.45, 7) is 6.23. The number of nitrogens with zero attached hydrogens (tertiary/aromatic N) is 3. The van der Waals surface area contributed by atoms with Crippen molar-refractivity contribution < 1.29 is 18.7 Å². The van der Waals surface area contributed by atoms with E-state index >= 15 is 0 Å². The van der Waals surface area contributed by atoms with Gasteiger partial charge in [-0.1, -0.05) is 12.1 Å². The molecule has 1 aromatic carbocycles. The number of carbonyl (C=O) groups excluding carboxylic acids is 2. The molecule has 0 fully saturated rings. The number of ether oxygens (including phenoxy) is 1. The van der Waals surface area contributed by atoms with E-state index in [1.165, 1.54) is 28.0 Å². The third kappa shape index (κ3) is 4.74. The Labute approximate surface area is 170 Å². The Morgan fingerprint density at radius 2 is 2.07 bits per heavy atom. The number of methoxy groups -OCH3 is 1. The van der Waals surface area contributed by atoms with Gasteiger partial charge in [-0.05, 0) is 48.7 Å². The van der Waals surface area contributed by atoms with Gasteiger partial charge in [0.2, 0.25) is 5.91 Å². The summed E-state index contributed by atoms with van der Waals surface area (Å²) < 4.78 is 10.6. The number of hydrazone groups is 1. The molecule has 0 unspecified atom stereocenters. The standard InChI is InChI=1S/C22H27N3O4/c1-15-7-8-18(12-16(15)2)19-13-20(21-6-5-10-29-21)25(23-19)22(27)14-24(17(3)26)9-11-28-4/h5-8,10,12,20H,9,11,13-14H2,1-4H3/t20-/m0/s1. The highest BCUT2D eigenvalue weighted by atomic mass is 16.5. The zero-order valence-corrected chi connectivity index (χ0v) is 17.3. The monoisotopic (exact) mass is 397 g/mol. The number of amides is 2. The van der Waals surface area contributed by atoms with Gasteiger partial charge in [0.25, 0.3) is 5.91 Å². The van der Waals surface area contributed by atoms with Crippen LogP contribution in [0.4, 0.5) is 0 Å². The average molecular weight is 397 g/mol. The Morgan fingerprint density at radius 1 is 1.28 bits per heavy atom. The molecule has 1 aliphatic heterocycles. The van der Waals surface area contributed by atoms with Crippen molar-refractivity contribution in [3.63, 3.8) is 0 Å². The molecule has 2 heterocycles. The van der Waals surface area contributed by atoms with E-state index in [4.69, 9.17) is 9.15 Å². The second-order valence-corrected chi connectivity index (χ2v) is 7.25. The second kappa shape index (κ2) is 9.05. The third-order valence-electron chi connectivity index (χ3n) is 5.21. The van der Waals surface area contributed by atoms with Crippen LogP contribution in [0.1, 0.15) is 41.8 Å². The maximum absolute atomic E-state index is 13.1. The van der Waals surface area contributed by atoms with Crippen LogP contribution in [0.15, 0.2) is 46.1 Å². The van der Waals surface area contributed by atoms with E-state index in [1.54, 1.807) is 19.4 Å². The fourth-order valence-corrected chi connectivity index (χ4v) is 3.32. The third-order valence-corrected chi connectivity index (χ3v) is 5.21. The van der Waals surface area contributed by atoms with Crippen molar-refractivity contribution in [1.82, 2.24) is 9.91 Å². The molecular formula is C22H27N3O4. The van der Waals surface area contributed by atoms with Crippen molar-refractivity contribution in [2.45, 2.75) is 33.2 Å². The SMILES string of the molecule is COCCN(CC(=O)N1N=C(c2ccc(C)c(C)c2)C[C@H]1c1ccco1)C(C)=O. The lowest BCUT2D eigenvalue weighted by Gasteiger charge is -2.25. The summed E-state index contributed by atoms with van der Waals surface area (Å²) in [4.78, 5) is 26.4. The minimum absolute atomic E-state index is 0.0559. The van der Waals surface area contributed by atoms with Gasteiger partial charge in [0.15, 0.2) is 0 Å². The van der Waals surface area contributed by atoms with Crippen molar-refractivity contribution in [2.75, 3.05) is 26.8 Å². The van der Waals surface area contributed by atoms with Crippen molar-refractivity contribution in [2.24, 2.45) is 5.10 Å². The molecule has 1 aromatic heterocycles. The molecule has 3 rings (SSSR count). The Hall–Kier alpha value is -2.93. The summed E-state index contributed by atoms with van der Waals surface area (Å²) >= 11 is 0. The van der Waals surface area contributed by atoms with Gasteiger partial charge >= 0.3 is 0 Å². The number of furan rings is 1. The van der Waals surface area contributed by atoms with Crippen LogP contribution in [-0.4, -0.2) is 54.2 Å². The van der Waals surface area contributed by atoms with Crippen molar-refractivity contribution in [3.05, 3.63) is 59.0 Å².